The number of fused-ring (bicyclic) bond motifs is 1. The van der Waals surface area contributed by atoms with E-state index < -0.39 is 36.2 Å². The normalized spacial score (nSPS) is 21.7. The van der Waals surface area contributed by atoms with E-state index in [9.17, 15) is 24.3 Å². The van der Waals surface area contributed by atoms with Gasteiger partial charge in [0.15, 0.2) is 0 Å². The van der Waals surface area contributed by atoms with Crippen molar-refractivity contribution in [1.82, 2.24) is 9.80 Å². The molecule has 2 aliphatic heterocycles. The van der Waals surface area contributed by atoms with Crippen LogP contribution in [-0.4, -0.2) is 76.9 Å². The van der Waals surface area contributed by atoms with Crippen LogP contribution >= 0.6 is 11.8 Å². The highest BCUT2D eigenvalue weighted by Crippen LogP contribution is 2.47. The summed E-state index contributed by atoms with van der Waals surface area (Å²) in [5.74, 6) is -1.68. The third kappa shape index (κ3) is 5.15. The van der Waals surface area contributed by atoms with Gasteiger partial charge < -0.3 is 24.4 Å². The van der Waals surface area contributed by atoms with Gasteiger partial charge in [-0.1, -0.05) is 0 Å². The molecule has 2 rings (SSSR count). The number of β-lactam (4-membered cyclic amide) rings is 1. The smallest absolute Gasteiger partial charge is 0.358 e. The molecule has 1 N–H and O–H groups in total. The zero-order chi connectivity index (χ0) is 22.8. The fourth-order valence-corrected chi connectivity index (χ4v) is 4.45. The molecule has 0 unspecified atom stereocenters. The maximum absolute atomic E-state index is 12.7. The molecular weight excluding hydrogens is 412 g/mol. The lowest BCUT2D eigenvalue weighted by Gasteiger charge is -2.44. The van der Waals surface area contributed by atoms with Crippen molar-refractivity contribution >= 4 is 35.5 Å². The predicted molar refractivity (Wildman–Crippen MR) is 110 cm³/mol. The average Bonchev–Trinajstić information content (AvgIpc) is 2.94. The van der Waals surface area contributed by atoms with Gasteiger partial charge in [0, 0.05) is 37.6 Å². The second-order valence-electron chi connectivity index (χ2n) is 8.54. The summed E-state index contributed by atoms with van der Waals surface area (Å²) in [5.41, 5.74) is -0.601. The number of hydrogen-bond acceptors (Lipinski definition) is 8. The first kappa shape index (κ1) is 24.2. The lowest BCUT2D eigenvalue weighted by atomic mass is 9.83. The second-order valence-corrected chi connectivity index (χ2v) is 9.73. The Bertz CT molecular complexity index is 757. The van der Waals surface area contributed by atoms with Gasteiger partial charge in [0.1, 0.15) is 5.70 Å². The van der Waals surface area contributed by atoms with E-state index in [0.717, 1.165) is 0 Å². The lowest BCUT2D eigenvalue weighted by Crippen LogP contribution is -2.61. The summed E-state index contributed by atoms with van der Waals surface area (Å²) in [6.07, 6.45) is -0.390. The molecule has 0 bridgehead atoms. The molecule has 2 amide bonds. The van der Waals surface area contributed by atoms with E-state index in [2.05, 4.69) is 0 Å². The van der Waals surface area contributed by atoms with Crippen molar-refractivity contribution in [1.29, 1.82) is 0 Å². The SMILES string of the molecule is CC(=O)N(C)CCSC1=C(C(=O)OCOC(=O)C(C)(C)C)N2C(=O)[C@H]([C@@H](C)O)[C@H]2C1. The number of aliphatic hydroxyl groups is 1. The maximum Gasteiger partial charge on any atom is 0.358 e. The van der Waals surface area contributed by atoms with E-state index in [1.54, 1.807) is 39.6 Å². The standard InChI is InChI=1S/C20H30N2O7S/c1-11(23)15-13-9-14(30-8-7-21(6)12(2)24)16(22(13)17(15)25)18(26)28-10-29-19(27)20(3,4)5/h11,13,15,23H,7-10H2,1-6H3/t11-,13-,15-/m1/s1. The number of carbonyl (C=O) groups is 4. The lowest BCUT2D eigenvalue weighted by molar-refractivity contribution is -0.175. The van der Waals surface area contributed by atoms with Crippen LogP contribution < -0.4 is 0 Å². The van der Waals surface area contributed by atoms with Gasteiger partial charge >= 0.3 is 11.9 Å². The summed E-state index contributed by atoms with van der Waals surface area (Å²) in [4.78, 5) is 52.0. The fourth-order valence-electron chi connectivity index (χ4n) is 3.23. The molecule has 2 aliphatic rings. The zero-order valence-electron chi connectivity index (χ0n) is 18.3. The Labute approximate surface area is 180 Å². The predicted octanol–water partition coefficient (Wildman–Crippen LogP) is 1.11. The summed E-state index contributed by atoms with van der Waals surface area (Å²) < 4.78 is 10.1. The maximum atomic E-state index is 12.7. The van der Waals surface area contributed by atoms with Gasteiger partial charge in [-0.25, -0.2) is 4.79 Å². The van der Waals surface area contributed by atoms with Crippen molar-refractivity contribution in [3.8, 4) is 0 Å². The molecule has 9 nitrogen and oxygen atoms in total. The van der Waals surface area contributed by atoms with Gasteiger partial charge in [0.05, 0.1) is 23.5 Å². The number of aliphatic hydroxyl groups excluding tert-OH is 1. The Hall–Kier alpha value is -2.07. The molecule has 2 heterocycles. The molecule has 1 saturated heterocycles. The highest BCUT2D eigenvalue weighted by Gasteiger charge is 2.57. The van der Waals surface area contributed by atoms with Crippen LogP contribution in [0.3, 0.4) is 0 Å². The number of ether oxygens (including phenoxy) is 2. The first-order valence-corrected chi connectivity index (χ1v) is 10.8. The minimum atomic E-state index is -0.822. The van der Waals surface area contributed by atoms with Crippen molar-refractivity contribution in [2.24, 2.45) is 11.3 Å². The van der Waals surface area contributed by atoms with Crippen molar-refractivity contribution in [3.05, 3.63) is 10.6 Å². The van der Waals surface area contributed by atoms with Gasteiger partial charge in [-0.3, -0.25) is 14.4 Å². The van der Waals surface area contributed by atoms with E-state index in [-0.39, 0.29) is 23.6 Å². The van der Waals surface area contributed by atoms with Crippen LogP contribution in [0.5, 0.6) is 0 Å². The molecule has 30 heavy (non-hydrogen) atoms. The highest BCUT2D eigenvalue weighted by atomic mass is 32.2. The zero-order valence-corrected chi connectivity index (χ0v) is 19.1. The summed E-state index contributed by atoms with van der Waals surface area (Å²) in [5, 5.41) is 9.90. The number of amides is 2. The van der Waals surface area contributed by atoms with Gasteiger partial charge in [-0.05, 0) is 27.7 Å². The molecule has 0 spiro atoms. The second kappa shape index (κ2) is 9.38. The molecule has 0 radical (unpaired) electrons. The molecule has 168 valence electrons. The van der Waals surface area contributed by atoms with Crippen LogP contribution in [0.1, 0.15) is 41.0 Å². The van der Waals surface area contributed by atoms with Crippen LogP contribution in [0.15, 0.2) is 10.6 Å². The molecule has 0 aromatic carbocycles. The summed E-state index contributed by atoms with van der Waals surface area (Å²) in [7, 11) is 1.69. The van der Waals surface area contributed by atoms with Crippen LogP contribution in [0.4, 0.5) is 0 Å². The van der Waals surface area contributed by atoms with Gasteiger partial charge in [0.25, 0.3) is 0 Å². The Balaban J connectivity index is 2.08. The minimum Gasteiger partial charge on any atom is -0.427 e. The van der Waals surface area contributed by atoms with Crippen molar-refractivity contribution in [2.45, 2.75) is 53.2 Å². The largest absolute Gasteiger partial charge is 0.427 e. The number of carbonyl (C=O) groups excluding carboxylic acids is 4. The third-order valence-corrected chi connectivity index (χ3v) is 6.21. The molecule has 1 fully saturated rings. The minimum absolute atomic E-state index is 0.0653. The molecule has 0 saturated carbocycles. The molecule has 0 aromatic rings. The van der Waals surface area contributed by atoms with Crippen LogP contribution in [0.25, 0.3) is 0 Å². The van der Waals surface area contributed by atoms with Crippen molar-refractivity contribution in [2.75, 3.05) is 26.1 Å². The first-order chi connectivity index (χ1) is 13.9. The Morgan fingerprint density at radius 2 is 1.93 bits per heavy atom. The van der Waals surface area contributed by atoms with Gasteiger partial charge in [-0.2, -0.15) is 0 Å². The Morgan fingerprint density at radius 3 is 2.47 bits per heavy atom. The van der Waals surface area contributed by atoms with Crippen LogP contribution in [-0.2, 0) is 28.7 Å². The van der Waals surface area contributed by atoms with Crippen molar-refractivity contribution < 1.29 is 33.8 Å². The van der Waals surface area contributed by atoms with Crippen molar-refractivity contribution in [3.63, 3.8) is 0 Å². The third-order valence-electron chi connectivity index (χ3n) is 5.11. The average molecular weight is 443 g/mol. The molecule has 3 atom stereocenters. The molecular formula is C20H30N2O7S. The fraction of sp³-hybridized carbons (Fsp3) is 0.700. The highest BCUT2D eigenvalue weighted by molar-refractivity contribution is 8.03. The molecule has 0 aromatic heterocycles. The van der Waals surface area contributed by atoms with Gasteiger partial charge in [-0.15, -0.1) is 11.8 Å². The summed E-state index contributed by atoms with van der Waals surface area (Å²) >= 11 is 1.38. The number of thioether (sulfide) groups is 1. The van der Waals surface area contributed by atoms with E-state index in [0.29, 0.717) is 23.6 Å². The topological polar surface area (TPSA) is 113 Å². The number of nitrogens with zero attached hydrogens (tertiary/aromatic N) is 2. The Morgan fingerprint density at radius 1 is 1.30 bits per heavy atom. The monoisotopic (exact) mass is 442 g/mol. The quantitative estimate of drug-likeness (QED) is 0.338. The van der Waals surface area contributed by atoms with Crippen LogP contribution in [0.2, 0.25) is 0 Å². The summed E-state index contributed by atoms with van der Waals surface area (Å²) in [6, 6.07) is -0.301. The van der Waals surface area contributed by atoms with E-state index >= 15 is 0 Å². The number of esters is 2. The first-order valence-electron chi connectivity index (χ1n) is 9.79. The van der Waals surface area contributed by atoms with Gasteiger partial charge in [0.2, 0.25) is 18.6 Å². The van der Waals surface area contributed by atoms with Crippen LogP contribution in [0, 0.1) is 11.3 Å². The number of rotatable bonds is 8. The molecule has 10 heteroatoms. The summed E-state index contributed by atoms with van der Waals surface area (Å²) in [6.45, 7) is 8.01. The molecule has 0 aliphatic carbocycles. The van der Waals surface area contributed by atoms with E-state index in [1.807, 2.05) is 0 Å². The van der Waals surface area contributed by atoms with E-state index in [1.165, 1.54) is 23.6 Å². The Kier molecular flexibility index (Phi) is 7.57. The van der Waals surface area contributed by atoms with E-state index in [4.69, 9.17) is 9.47 Å². The number of hydrogen-bond donors (Lipinski definition) is 1.